The van der Waals surface area contributed by atoms with E-state index in [0.29, 0.717) is 24.9 Å². The van der Waals surface area contributed by atoms with Crippen LogP contribution in [0.25, 0.3) is 0 Å². The van der Waals surface area contributed by atoms with Crippen LogP contribution < -0.4 is 5.32 Å². The van der Waals surface area contributed by atoms with Gasteiger partial charge in [-0.05, 0) is 17.3 Å². The van der Waals surface area contributed by atoms with Gasteiger partial charge in [0.05, 0.1) is 0 Å². The first-order valence-corrected chi connectivity index (χ1v) is 7.23. The lowest BCUT2D eigenvalue weighted by Gasteiger charge is -2.32. The molecule has 118 valence electrons. The zero-order valence-electron chi connectivity index (χ0n) is 13.9. The van der Waals surface area contributed by atoms with Crippen LogP contribution in [0.5, 0.6) is 0 Å². The first kappa shape index (κ1) is 18.7. The van der Waals surface area contributed by atoms with Gasteiger partial charge < -0.3 is 15.3 Å². The molecule has 0 heterocycles. The minimum Gasteiger partial charge on any atom is -0.480 e. The van der Waals surface area contributed by atoms with Gasteiger partial charge in [0.25, 0.3) is 0 Å². The summed E-state index contributed by atoms with van der Waals surface area (Å²) in [6.07, 6.45) is 0. The number of carboxylic acids is 1. The molecular weight excluding hydrogens is 256 g/mol. The fourth-order valence-corrected chi connectivity index (χ4v) is 1.99. The van der Waals surface area contributed by atoms with Crippen molar-refractivity contribution in [1.29, 1.82) is 0 Å². The molecule has 0 aromatic rings. The Labute approximate surface area is 122 Å². The summed E-state index contributed by atoms with van der Waals surface area (Å²) in [7, 11) is 0. The molecule has 20 heavy (non-hydrogen) atoms. The van der Waals surface area contributed by atoms with Crippen molar-refractivity contribution >= 4 is 12.0 Å². The summed E-state index contributed by atoms with van der Waals surface area (Å²) in [5.41, 5.74) is -0.525. The molecule has 0 saturated heterocycles. The third-order valence-corrected chi connectivity index (χ3v) is 2.84. The second-order valence-corrected chi connectivity index (χ2v) is 7.28. The fraction of sp³-hybridized carbons (Fsp3) is 0.867. The van der Waals surface area contributed by atoms with E-state index < -0.39 is 17.4 Å². The Bertz CT molecular complexity index is 323. The summed E-state index contributed by atoms with van der Waals surface area (Å²) < 4.78 is 0. The Morgan fingerprint density at radius 1 is 1.05 bits per heavy atom. The van der Waals surface area contributed by atoms with Gasteiger partial charge in [-0.3, -0.25) is 0 Å². The Morgan fingerprint density at radius 3 is 1.70 bits per heavy atom. The lowest BCUT2D eigenvalue weighted by atomic mass is 9.87. The van der Waals surface area contributed by atoms with Gasteiger partial charge in [0.15, 0.2) is 0 Å². The molecule has 0 unspecified atom stereocenters. The topological polar surface area (TPSA) is 69.6 Å². The van der Waals surface area contributed by atoms with Gasteiger partial charge in [-0.2, -0.15) is 0 Å². The fourth-order valence-electron chi connectivity index (χ4n) is 1.99. The van der Waals surface area contributed by atoms with E-state index in [1.165, 1.54) is 0 Å². The van der Waals surface area contributed by atoms with Crippen molar-refractivity contribution in [1.82, 2.24) is 10.2 Å². The largest absolute Gasteiger partial charge is 0.480 e. The molecule has 0 aliphatic carbocycles. The van der Waals surface area contributed by atoms with E-state index in [-0.39, 0.29) is 6.03 Å². The third-order valence-electron chi connectivity index (χ3n) is 2.84. The molecule has 0 aromatic heterocycles. The average molecular weight is 286 g/mol. The molecule has 0 aliphatic heterocycles. The molecule has 0 aromatic carbocycles. The summed E-state index contributed by atoms with van der Waals surface area (Å²) >= 11 is 0. The van der Waals surface area contributed by atoms with Crippen LogP contribution >= 0.6 is 0 Å². The summed E-state index contributed by atoms with van der Waals surface area (Å²) in [6, 6.07) is -1.19. The number of carbonyl (C=O) groups excluding carboxylic acids is 1. The SMILES string of the molecule is CC(C)CN(CC(C)C)C(=O)N[C@@H](C(=O)O)C(C)(C)C. The standard InChI is InChI=1S/C15H30N2O3/c1-10(2)8-17(9-11(3)4)14(20)16-12(13(18)19)15(5,6)7/h10-12H,8-9H2,1-7H3,(H,16,20)(H,18,19)/t12-/m0/s1. The minimum atomic E-state index is -1.00. The smallest absolute Gasteiger partial charge is 0.326 e. The molecule has 0 bridgehead atoms. The second kappa shape index (κ2) is 7.50. The van der Waals surface area contributed by atoms with Crippen molar-refractivity contribution in [3.63, 3.8) is 0 Å². The van der Waals surface area contributed by atoms with Gasteiger partial charge in [-0.1, -0.05) is 48.5 Å². The van der Waals surface area contributed by atoms with Crippen molar-refractivity contribution in [3.8, 4) is 0 Å². The van der Waals surface area contributed by atoms with Crippen LogP contribution in [0.1, 0.15) is 48.5 Å². The highest BCUT2D eigenvalue weighted by Crippen LogP contribution is 2.20. The monoisotopic (exact) mass is 286 g/mol. The lowest BCUT2D eigenvalue weighted by Crippen LogP contribution is -2.54. The maximum Gasteiger partial charge on any atom is 0.326 e. The van der Waals surface area contributed by atoms with Gasteiger partial charge >= 0.3 is 12.0 Å². The summed E-state index contributed by atoms with van der Waals surface area (Å²) in [4.78, 5) is 25.3. The van der Waals surface area contributed by atoms with Crippen LogP contribution in [-0.4, -0.2) is 41.1 Å². The minimum absolute atomic E-state index is 0.297. The lowest BCUT2D eigenvalue weighted by molar-refractivity contribution is -0.142. The van der Waals surface area contributed by atoms with Gasteiger partial charge in [-0.25, -0.2) is 9.59 Å². The normalized spacial score (nSPS) is 13.4. The Hall–Kier alpha value is -1.26. The summed E-state index contributed by atoms with van der Waals surface area (Å²) in [6.45, 7) is 14.8. The van der Waals surface area contributed by atoms with E-state index in [9.17, 15) is 14.7 Å². The molecule has 2 N–H and O–H groups in total. The Kier molecular flexibility index (Phi) is 7.03. The summed E-state index contributed by atoms with van der Waals surface area (Å²) in [5, 5.41) is 11.9. The second-order valence-electron chi connectivity index (χ2n) is 7.28. The summed E-state index contributed by atoms with van der Waals surface area (Å²) in [5.74, 6) is -0.310. The van der Waals surface area contributed by atoms with E-state index in [1.54, 1.807) is 25.7 Å². The molecule has 5 heteroatoms. The van der Waals surface area contributed by atoms with Gasteiger partial charge in [0.1, 0.15) is 6.04 Å². The van der Waals surface area contributed by atoms with Crippen LogP contribution in [0.3, 0.4) is 0 Å². The Morgan fingerprint density at radius 2 is 1.45 bits per heavy atom. The number of carbonyl (C=O) groups is 2. The van der Waals surface area contributed by atoms with Crippen LogP contribution in [0.2, 0.25) is 0 Å². The number of urea groups is 1. The van der Waals surface area contributed by atoms with E-state index >= 15 is 0 Å². The first-order valence-electron chi connectivity index (χ1n) is 7.23. The van der Waals surface area contributed by atoms with Crippen molar-refractivity contribution in [2.75, 3.05) is 13.1 Å². The number of nitrogens with zero attached hydrogens (tertiary/aromatic N) is 1. The van der Waals surface area contributed by atoms with Crippen molar-refractivity contribution < 1.29 is 14.7 Å². The number of rotatable bonds is 6. The molecule has 0 aliphatic rings. The van der Waals surface area contributed by atoms with Crippen molar-refractivity contribution in [2.24, 2.45) is 17.3 Å². The van der Waals surface area contributed by atoms with E-state index in [0.717, 1.165) is 0 Å². The van der Waals surface area contributed by atoms with E-state index in [4.69, 9.17) is 0 Å². The quantitative estimate of drug-likeness (QED) is 0.789. The molecule has 0 radical (unpaired) electrons. The number of amides is 2. The Balaban J connectivity index is 4.92. The zero-order valence-corrected chi connectivity index (χ0v) is 13.9. The molecule has 2 amide bonds. The van der Waals surface area contributed by atoms with Gasteiger partial charge in [0, 0.05) is 13.1 Å². The van der Waals surface area contributed by atoms with Gasteiger partial charge in [0.2, 0.25) is 0 Å². The van der Waals surface area contributed by atoms with Crippen molar-refractivity contribution in [2.45, 2.75) is 54.5 Å². The molecule has 0 spiro atoms. The third kappa shape index (κ3) is 6.78. The highest BCUT2D eigenvalue weighted by atomic mass is 16.4. The maximum atomic E-state index is 12.3. The molecule has 0 saturated carbocycles. The highest BCUT2D eigenvalue weighted by Gasteiger charge is 2.33. The number of aliphatic carboxylic acids is 1. The first-order chi connectivity index (χ1) is 8.95. The van der Waals surface area contributed by atoms with E-state index in [2.05, 4.69) is 5.32 Å². The number of carboxylic acid groups (broad SMARTS) is 1. The molecule has 0 rings (SSSR count). The van der Waals surface area contributed by atoms with Crippen molar-refractivity contribution in [3.05, 3.63) is 0 Å². The predicted molar refractivity (Wildman–Crippen MR) is 80.7 cm³/mol. The molecule has 0 fully saturated rings. The molecule has 5 nitrogen and oxygen atoms in total. The van der Waals surface area contributed by atoms with Crippen LogP contribution in [0.15, 0.2) is 0 Å². The maximum absolute atomic E-state index is 12.3. The van der Waals surface area contributed by atoms with Crippen LogP contribution in [-0.2, 0) is 4.79 Å². The average Bonchev–Trinajstić information content (AvgIpc) is 2.20. The molecular formula is C15H30N2O3. The zero-order chi connectivity index (χ0) is 16.1. The predicted octanol–water partition coefficient (Wildman–Crippen LogP) is 2.81. The number of nitrogens with one attached hydrogen (secondary N) is 1. The van der Waals surface area contributed by atoms with Crippen LogP contribution in [0.4, 0.5) is 4.79 Å². The molecule has 1 atom stereocenters. The number of hydrogen-bond acceptors (Lipinski definition) is 2. The van der Waals surface area contributed by atoms with Crippen LogP contribution in [0, 0.1) is 17.3 Å². The van der Waals surface area contributed by atoms with E-state index in [1.807, 2.05) is 27.7 Å². The van der Waals surface area contributed by atoms with Gasteiger partial charge in [-0.15, -0.1) is 0 Å². The highest BCUT2D eigenvalue weighted by molar-refractivity contribution is 5.83. The number of hydrogen-bond donors (Lipinski definition) is 2.